The molecule has 0 aliphatic rings. The highest BCUT2D eigenvalue weighted by Gasteiger charge is 2.11. The van der Waals surface area contributed by atoms with Gasteiger partial charge in [0.05, 0.1) is 7.11 Å². The molecule has 0 saturated carbocycles. The second-order valence-electron chi connectivity index (χ2n) is 7.11. The predicted octanol–water partition coefficient (Wildman–Crippen LogP) is 5.10. The largest absolute Gasteiger partial charge is 0.496 e. The Labute approximate surface area is 165 Å². The van der Waals surface area contributed by atoms with Crippen molar-refractivity contribution in [3.63, 3.8) is 0 Å². The molecule has 4 aromatic rings. The molecule has 28 heavy (non-hydrogen) atoms. The average molecular weight is 371 g/mol. The van der Waals surface area contributed by atoms with Gasteiger partial charge in [0.1, 0.15) is 11.4 Å². The number of benzene rings is 2. The lowest BCUT2D eigenvalue weighted by molar-refractivity contribution is 0.416. The molecule has 4 nitrogen and oxygen atoms in total. The van der Waals surface area contributed by atoms with Gasteiger partial charge in [-0.1, -0.05) is 36.4 Å². The van der Waals surface area contributed by atoms with Crippen LogP contribution in [-0.4, -0.2) is 16.7 Å². The fourth-order valence-electron chi connectivity index (χ4n) is 3.52. The third kappa shape index (κ3) is 3.64. The maximum atomic E-state index is 5.61. The summed E-state index contributed by atoms with van der Waals surface area (Å²) in [5, 5.41) is 4.73. The number of hydrogen-bond acceptors (Lipinski definition) is 3. The summed E-state index contributed by atoms with van der Waals surface area (Å²) < 4.78 is 7.64. The summed E-state index contributed by atoms with van der Waals surface area (Å²) in [5.74, 6) is 0.858. The molecule has 2 heterocycles. The van der Waals surface area contributed by atoms with Crippen LogP contribution in [0.15, 0.2) is 73.1 Å². The van der Waals surface area contributed by atoms with Gasteiger partial charge in [0.15, 0.2) is 0 Å². The lowest BCUT2D eigenvalue weighted by atomic mass is 10.0. The molecule has 0 unspecified atom stereocenters. The van der Waals surface area contributed by atoms with Gasteiger partial charge in [0, 0.05) is 48.5 Å². The Balaban J connectivity index is 1.60. The Morgan fingerprint density at radius 1 is 1.07 bits per heavy atom. The molecule has 0 aliphatic heterocycles. The van der Waals surface area contributed by atoms with E-state index in [0.717, 1.165) is 34.5 Å². The third-order valence-electron chi connectivity index (χ3n) is 5.19. The van der Waals surface area contributed by atoms with Crippen molar-refractivity contribution in [3.05, 3.63) is 84.2 Å². The molecule has 1 atom stereocenters. The summed E-state index contributed by atoms with van der Waals surface area (Å²) >= 11 is 0. The van der Waals surface area contributed by atoms with Gasteiger partial charge in [-0.2, -0.15) is 0 Å². The van der Waals surface area contributed by atoms with Gasteiger partial charge >= 0.3 is 0 Å². The summed E-state index contributed by atoms with van der Waals surface area (Å²) in [4.78, 5) is 4.63. The minimum Gasteiger partial charge on any atom is -0.496 e. The summed E-state index contributed by atoms with van der Waals surface area (Å²) in [7, 11) is 3.72. The topological polar surface area (TPSA) is 39.1 Å². The number of aryl methyl sites for hydroxylation is 1. The molecule has 0 spiro atoms. The molecule has 0 radical (unpaired) electrons. The summed E-state index contributed by atoms with van der Waals surface area (Å²) in [6, 6.07) is 21.4. The van der Waals surface area contributed by atoms with Crippen LogP contribution in [0, 0.1) is 0 Å². The van der Waals surface area contributed by atoms with Crippen LogP contribution in [0.4, 0.5) is 0 Å². The average Bonchev–Trinajstić information content (AvgIpc) is 3.12. The monoisotopic (exact) mass is 371 g/mol. The number of nitrogens with zero attached hydrogens (tertiary/aromatic N) is 2. The minimum absolute atomic E-state index is 0.286. The van der Waals surface area contributed by atoms with Gasteiger partial charge in [-0.25, -0.2) is 4.98 Å². The zero-order valence-electron chi connectivity index (χ0n) is 16.5. The maximum Gasteiger partial charge on any atom is 0.139 e. The highest BCUT2D eigenvalue weighted by Crippen LogP contribution is 2.32. The van der Waals surface area contributed by atoms with E-state index in [1.807, 2.05) is 36.1 Å². The van der Waals surface area contributed by atoms with Crippen LogP contribution in [0.25, 0.3) is 22.2 Å². The van der Waals surface area contributed by atoms with Gasteiger partial charge in [-0.05, 0) is 42.3 Å². The van der Waals surface area contributed by atoms with E-state index >= 15 is 0 Å². The number of pyridine rings is 1. The van der Waals surface area contributed by atoms with Crippen LogP contribution in [0.5, 0.6) is 5.75 Å². The van der Waals surface area contributed by atoms with E-state index in [2.05, 4.69) is 65.8 Å². The second kappa shape index (κ2) is 7.87. The molecule has 142 valence electrons. The molecular weight excluding hydrogens is 346 g/mol. The van der Waals surface area contributed by atoms with Crippen LogP contribution in [0.3, 0.4) is 0 Å². The van der Waals surface area contributed by atoms with Crippen molar-refractivity contribution in [2.75, 3.05) is 7.11 Å². The molecule has 0 aliphatic carbocycles. The Hall–Kier alpha value is -3.11. The van der Waals surface area contributed by atoms with Gasteiger partial charge in [0.25, 0.3) is 0 Å². The number of methoxy groups -OCH3 is 1. The summed E-state index contributed by atoms with van der Waals surface area (Å²) in [6.45, 7) is 2.97. The molecule has 0 bridgehead atoms. The highest BCUT2D eigenvalue weighted by atomic mass is 16.5. The maximum absolute atomic E-state index is 5.61. The molecule has 0 saturated heterocycles. The number of hydrogen-bond donors (Lipinski definition) is 1. The molecule has 0 fully saturated rings. The van der Waals surface area contributed by atoms with Gasteiger partial charge in [-0.3, -0.25) is 0 Å². The van der Waals surface area contributed by atoms with Crippen molar-refractivity contribution in [3.8, 4) is 16.9 Å². The van der Waals surface area contributed by atoms with Gasteiger partial charge in [0.2, 0.25) is 0 Å². The first kappa shape index (κ1) is 18.3. The number of rotatable bonds is 6. The fraction of sp³-hybridized carbons (Fsp3) is 0.208. The van der Waals surface area contributed by atoms with E-state index < -0.39 is 0 Å². The van der Waals surface area contributed by atoms with Crippen LogP contribution in [0.1, 0.15) is 24.1 Å². The first-order chi connectivity index (χ1) is 13.7. The molecule has 1 N–H and O–H groups in total. The second-order valence-corrected chi connectivity index (χ2v) is 7.11. The smallest absolute Gasteiger partial charge is 0.139 e. The lowest BCUT2D eigenvalue weighted by Crippen LogP contribution is -2.18. The third-order valence-corrected chi connectivity index (χ3v) is 5.19. The van der Waals surface area contributed by atoms with Crippen molar-refractivity contribution in [2.45, 2.75) is 19.5 Å². The van der Waals surface area contributed by atoms with E-state index in [4.69, 9.17) is 4.74 Å². The van der Waals surface area contributed by atoms with Crippen LogP contribution >= 0.6 is 0 Å². The van der Waals surface area contributed by atoms with E-state index in [1.54, 1.807) is 7.11 Å². The summed E-state index contributed by atoms with van der Waals surface area (Å²) in [6.07, 6.45) is 3.95. The van der Waals surface area contributed by atoms with E-state index in [0.29, 0.717) is 0 Å². The summed E-state index contributed by atoms with van der Waals surface area (Å²) in [5.41, 5.74) is 5.61. The zero-order chi connectivity index (χ0) is 19.5. The molecule has 4 heteroatoms. The van der Waals surface area contributed by atoms with Crippen LogP contribution in [0.2, 0.25) is 0 Å². The number of ether oxygens (including phenoxy) is 1. The number of fused-ring (bicyclic) bond motifs is 1. The van der Waals surface area contributed by atoms with Crippen molar-refractivity contribution in [1.82, 2.24) is 14.9 Å². The number of aromatic nitrogens is 2. The Bertz CT molecular complexity index is 1090. The molecular formula is C24H25N3O. The van der Waals surface area contributed by atoms with Crippen molar-refractivity contribution < 1.29 is 4.74 Å². The van der Waals surface area contributed by atoms with Crippen molar-refractivity contribution in [2.24, 2.45) is 7.05 Å². The highest BCUT2D eigenvalue weighted by molar-refractivity contribution is 5.83. The first-order valence-corrected chi connectivity index (χ1v) is 9.52. The predicted molar refractivity (Wildman–Crippen MR) is 114 cm³/mol. The Morgan fingerprint density at radius 3 is 2.68 bits per heavy atom. The van der Waals surface area contributed by atoms with Gasteiger partial charge in [-0.15, -0.1) is 0 Å². The zero-order valence-corrected chi connectivity index (χ0v) is 16.5. The number of nitrogens with one attached hydrogen (secondary N) is 1. The molecule has 2 aromatic carbocycles. The molecule has 0 amide bonds. The molecule has 2 aromatic heterocycles. The quantitative estimate of drug-likeness (QED) is 0.512. The SMILES string of the molecule is COc1ccc(CN[C@H](C)c2ccccc2)cc1-c1cnc2c(ccn2C)c1. The Kier molecular flexibility index (Phi) is 5.13. The normalized spacial score (nSPS) is 12.2. The minimum atomic E-state index is 0.286. The van der Waals surface area contributed by atoms with Crippen molar-refractivity contribution >= 4 is 11.0 Å². The van der Waals surface area contributed by atoms with Crippen LogP contribution in [-0.2, 0) is 13.6 Å². The first-order valence-electron chi connectivity index (χ1n) is 9.52. The Morgan fingerprint density at radius 2 is 1.89 bits per heavy atom. The fourth-order valence-corrected chi connectivity index (χ4v) is 3.52. The van der Waals surface area contributed by atoms with E-state index in [9.17, 15) is 0 Å². The van der Waals surface area contributed by atoms with E-state index in [-0.39, 0.29) is 6.04 Å². The standard InChI is InChI=1S/C24H25N3O/c1-17(19-7-5-4-6-8-19)25-15-18-9-10-23(28-3)22(13-18)21-14-20-11-12-27(2)24(20)26-16-21/h4-14,16-17,25H,15H2,1-3H3/t17-/m1/s1. The van der Waals surface area contributed by atoms with Gasteiger partial charge < -0.3 is 14.6 Å². The van der Waals surface area contributed by atoms with Crippen LogP contribution < -0.4 is 10.1 Å². The lowest BCUT2D eigenvalue weighted by Gasteiger charge is -2.16. The van der Waals surface area contributed by atoms with Crippen molar-refractivity contribution in [1.29, 1.82) is 0 Å². The van der Waals surface area contributed by atoms with E-state index in [1.165, 1.54) is 11.1 Å². The molecule has 4 rings (SSSR count).